The summed E-state index contributed by atoms with van der Waals surface area (Å²) in [4.78, 5) is 60.0. The number of rotatable bonds is 5. The standard InChI is InChI=1S/C24H31NO8/c1-14-8-9-20(28)23(30)19(27)7-4-6-17-12-18(32-11-5-10-25-16(3)26)13-21(29)22(17)24(31)33-15(14)2/h12-15,29H,4-11H2,1-3H3,(H,25,26)/t14-,15+/m1/s1. The first kappa shape index (κ1) is 26.0. The molecule has 180 valence electrons. The minimum atomic E-state index is -0.997. The summed E-state index contributed by atoms with van der Waals surface area (Å²) < 4.78 is 11.2. The predicted octanol–water partition coefficient (Wildman–Crippen LogP) is 2.30. The summed E-state index contributed by atoms with van der Waals surface area (Å²) in [5.41, 5.74) is 0.409. The fourth-order valence-electron chi connectivity index (χ4n) is 3.46. The third kappa shape index (κ3) is 7.69. The molecule has 33 heavy (non-hydrogen) atoms. The number of fused-ring (bicyclic) bond motifs is 1. The van der Waals surface area contributed by atoms with E-state index in [1.807, 2.05) is 0 Å². The Morgan fingerprint density at radius 2 is 1.82 bits per heavy atom. The van der Waals surface area contributed by atoms with Crippen LogP contribution in [0.1, 0.15) is 68.8 Å². The monoisotopic (exact) mass is 461 g/mol. The van der Waals surface area contributed by atoms with Crippen LogP contribution in [0.4, 0.5) is 0 Å². The van der Waals surface area contributed by atoms with Gasteiger partial charge in [-0.3, -0.25) is 19.2 Å². The number of carbonyl (C=O) groups excluding carboxylic acids is 5. The van der Waals surface area contributed by atoms with Crippen LogP contribution in [0, 0.1) is 5.92 Å². The first-order chi connectivity index (χ1) is 15.6. The second-order valence-corrected chi connectivity index (χ2v) is 8.32. The molecule has 2 atom stereocenters. The molecule has 1 aromatic rings. The molecule has 9 nitrogen and oxygen atoms in total. The van der Waals surface area contributed by atoms with Crippen molar-refractivity contribution < 1.29 is 38.6 Å². The lowest BCUT2D eigenvalue weighted by molar-refractivity contribution is -0.144. The molecule has 0 bridgehead atoms. The van der Waals surface area contributed by atoms with E-state index in [9.17, 15) is 29.1 Å². The number of benzene rings is 1. The average Bonchev–Trinajstić information content (AvgIpc) is 2.75. The van der Waals surface area contributed by atoms with Gasteiger partial charge >= 0.3 is 5.97 Å². The number of amides is 1. The van der Waals surface area contributed by atoms with Gasteiger partial charge in [-0.15, -0.1) is 0 Å². The van der Waals surface area contributed by atoms with Crippen molar-refractivity contribution in [3.8, 4) is 11.5 Å². The molecule has 1 amide bonds. The molecule has 0 unspecified atom stereocenters. The van der Waals surface area contributed by atoms with E-state index in [0.717, 1.165) is 0 Å². The Labute approximate surface area is 192 Å². The van der Waals surface area contributed by atoms with Crippen molar-refractivity contribution >= 4 is 29.2 Å². The Balaban J connectivity index is 2.25. The summed E-state index contributed by atoms with van der Waals surface area (Å²) in [5.74, 6) is -3.54. The normalized spacial score (nSPS) is 20.5. The summed E-state index contributed by atoms with van der Waals surface area (Å²) in [6.07, 6.45) is 0.422. The molecule has 1 aromatic carbocycles. The molecule has 0 radical (unpaired) electrons. The molecule has 1 aliphatic heterocycles. The summed E-state index contributed by atoms with van der Waals surface area (Å²) in [6, 6.07) is 2.91. The van der Waals surface area contributed by atoms with Gasteiger partial charge < -0.3 is 19.9 Å². The summed E-state index contributed by atoms with van der Waals surface area (Å²) >= 11 is 0. The van der Waals surface area contributed by atoms with Gasteiger partial charge in [0, 0.05) is 32.4 Å². The van der Waals surface area contributed by atoms with E-state index >= 15 is 0 Å². The number of ether oxygens (including phenoxy) is 2. The highest BCUT2D eigenvalue weighted by Gasteiger charge is 2.27. The van der Waals surface area contributed by atoms with Crippen LogP contribution >= 0.6 is 0 Å². The quantitative estimate of drug-likeness (QED) is 0.387. The number of hydrogen-bond donors (Lipinski definition) is 2. The number of aromatic hydroxyl groups is 1. The Kier molecular flexibility index (Phi) is 9.57. The number of Topliss-reactive ketones (excluding diaryl/α,β-unsaturated/α-hetero) is 3. The molecular weight excluding hydrogens is 430 g/mol. The third-order valence-corrected chi connectivity index (χ3v) is 5.62. The van der Waals surface area contributed by atoms with Gasteiger partial charge in [-0.05, 0) is 50.2 Å². The van der Waals surface area contributed by atoms with Crippen molar-refractivity contribution in [1.82, 2.24) is 5.32 Å². The zero-order valence-electron chi connectivity index (χ0n) is 19.3. The number of nitrogens with one attached hydrogen (secondary N) is 1. The summed E-state index contributed by atoms with van der Waals surface area (Å²) in [6.45, 7) is 5.58. The van der Waals surface area contributed by atoms with Crippen LogP contribution in [-0.4, -0.2) is 53.6 Å². The fraction of sp³-hybridized carbons (Fsp3) is 0.542. The number of aryl methyl sites for hydroxylation is 1. The SMILES string of the molecule is CC(=O)NCCCOc1cc(O)c2c(c1)CCCC(=O)C(=O)C(=O)CC[C@@H](C)[C@H](C)OC2=O. The molecule has 2 rings (SSSR count). The highest BCUT2D eigenvalue weighted by Crippen LogP contribution is 2.31. The average molecular weight is 462 g/mol. The van der Waals surface area contributed by atoms with E-state index in [0.29, 0.717) is 24.3 Å². The Bertz CT molecular complexity index is 923. The van der Waals surface area contributed by atoms with Crippen molar-refractivity contribution in [2.75, 3.05) is 13.2 Å². The summed E-state index contributed by atoms with van der Waals surface area (Å²) in [7, 11) is 0. The van der Waals surface area contributed by atoms with Crippen molar-refractivity contribution in [2.24, 2.45) is 5.92 Å². The molecule has 0 saturated carbocycles. The highest BCUT2D eigenvalue weighted by molar-refractivity contribution is 6.63. The number of esters is 1. The van der Waals surface area contributed by atoms with Crippen LogP contribution in [0.2, 0.25) is 0 Å². The lowest BCUT2D eigenvalue weighted by atomic mass is 9.94. The molecule has 0 aromatic heterocycles. The minimum absolute atomic E-state index is 0.00782. The van der Waals surface area contributed by atoms with E-state index in [4.69, 9.17) is 9.47 Å². The zero-order chi connectivity index (χ0) is 24.5. The Morgan fingerprint density at radius 1 is 1.12 bits per heavy atom. The maximum atomic E-state index is 12.9. The molecular formula is C24H31NO8. The first-order valence-electron chi connectivity index (χ1n) is 11.1. The smallest absolute Gasteiger partial charge is 0.342 e. The topological polar surface area (TPSA) is 136 Å². The number of cyclic esters (lactones) is 1. The number of phenols is 1. The summed E-state index contributed by atoms with van der Waals surface area (Å²) in [5, 5.41) is 13.2. The number of carbonyl (C=O) groups is 5. The van der Waals surface area contributed by atoms with E-state index < -0.39 is 29.4 Å². The van der Waals surface area contributed by atoms with E-state index in [-0.39, 0.29) is 61.8 Å². The molecule has 0 saturated heterocycles. The van der Waals surface area contributed by atoms with Crippen LogP contribution in [0.15, 0.2) is 12.1 Å². The van der Waals surface area contributed by atoms with Gasteiger partial charge in [0.05, 0.1) is 6.61 Å². The van der Waals surface area contributed by atoms with Crippen LogP contribution in [0.3, 0.4) is 0 Å². The van der Waals surface area contributed by atoms with Gasteiger partial charge in [-0.2, -0.15) is 0 Å². The lowest BCUT2D eigenvalue weighted by Crippen LogP contribution is -2.27. The van der Waals surface area contributed by atoms with E-state index in [2.05, 4.69) is 5.32 Å². The van der Waals surface area contributed by atoms with Gasteiger partial charge in [0.2, 0.25) is 17.5 Å². The largest absolute Gasteiger partial charge is 0.507 e. The van der Waals surface area contributed by atoms with Crippen molar-refractivity contribution in [3.05, 3.63) is 23.3 Å². The molecule has 1 heterocycles. The molecule has 9 heteroatoms. The van der Waals surface area contributed by atoms with Gasteiger partial charge in [-0.25, -0.2) is 4.79 Å². The minimum Gasteiger partial charge on any atom is -0.507 e. The number of phenolic OH excluding ortho intramolecular Hbond substituents is 1. The van der Waals surface area contributed by atoms with Gasteiger partial charge in [0.15, 0.2) is 0 Å². The van der Waals surface area contributed by atoms with Gasteiger partial charge in [0.25, 0.3) is 5.78 Å². The van der Waals surface area contributed by atoms with Crippen LogP contribution in [-0.2, 0) is 30.3 Å². The van der Waals surface area contributed by atoms with Crippen LogP contribution in [0.25, 0.3) is 0 Å². The van der Waals surface area contributed by atoms with Crippen molar-refractivity contribution in [3.63, 3.8) is 0 Å². The molecule has 1 aliphatic rings. The van der Waals surface area contributed by atoms with Crippen molar-refractivity contribution in [2.45, 2.75) is 65.4 Å². The van der Waals surface area contributed by atoms with Crippen LogP contribution in [0.5, 0.6) is 11.5 Å². The highest BCUT2D eigenvalue weighted by atomic mass is 16.5. The van der Waals surface area contributed by atoms with E-state index in [1.165, 1.54) is 13.0 Å². The van der Waals surface area contributed by atoms with Crippen LogP contribution < -0.4 is 10.1 Å². The van der Waals surface area contributed by atoms with Gasteiger partial charge in [0.1, 0.15) is 23.2 Å². The van der Waals surface area contributed by atoms with Gasteiger partial charge in [-0.1, -0.05) is 6.92 Å². The van der Waals surface area contributed by atoms with E-state index in [1.54, 1.807) is 19.9 Å². The molecule has 0 aliphatic carbocycles. The Hall–Kier alpha value is -3.23. The third-order valence-electron chi connectivity index (χ3n) is 5.62. The second-order valence-electron chi connectivity index (χ2n) is 8.32. The second kappa shape index (κ2) is 12.1. The lowest BCUT2D eigenvalue weighted by Gasteiger charge is -2.22. The molecule has 0 spiro atoms. The number of ketones is 3. The Morgan fingerprint density at radius 3 is 2.52 bits per heavy atom. The molecule has 2 N–H and O–H groups in total. The maximum absolute atomic E-state index is 12.9. The first-order valence-corrected chi connectivity index (χ1v) is 11.1. The zero-order valence-corrected chi connectivity index (χ0v) is 19.3. The number of hydrogen-bond acceptors (Lipinski definition) is 8. The maximum Gasteiger partial charge on any atom is 0.342 e. The van der Waals surface area contributed by atoms with Crippen molar-refractivity contribution in [1.29, 1.82) is 0 Å². The predicted molar refractivity (Wildman–Crippen MR) is 118 cm³/mol. The fourth-order valence-corrected chi connectivity index (χ4v) is 3.46. The molecule has 0 fully saturated rings.